The molecule has 0 aliphatic carbocycles. The second kappa shape index (κ2) is 9.21. The number of hydrogen-bond acceptors (Lipinski definition) is 1. The Bertz CT molecular complexity index is 279. The Morgan fingerprint density at radius 1 is 1.27 bits per heavy atom. The zero-order valence-corrected chi connectivity index (χ0v) is 9.74. The van der Waals surface area contributed by atoms with E-state index in [0.29, 0.717) is 0 Å². The summed E-state index contributed by atoms with van der Waals surface area (Å²) in [6.45, 7) is 10.4. The molecule has 1 aromatic rings. The van der Waals surface area contributed by atoms with Gasteiger partial charge < -0.3 is 11.8 Å². The maximum absolute atomic E-state index is 6.25. The lowest BCUT2D eigenvalue weighted by Crippen LogP contribution is -2.33. The van der Waals surface area contributed by atoms with Gasteiger partial charge >= 0.3 is 0 Å². The molecule has 15 heavy (non-hydrogen) atoms. The van der Waals surface area contributed by atoms with Gasteiger partial charge in [0.2, 0.25) is 0 Å². The van der Waals surface area contributed by atoms with Crippen LogP contribution in [-0.2, 0) is 13.0 Å². The van der Waals surface area contributed by atoms with Crippen LogP contribution in [0.25, 0.3) is 0 Å². The fourth-order valence-corrected chi connectivity index (χ4v) is 1.47. The lowest BCUT2D eigenvalue weighted by molar-refractivity contribution is -0.697. The van der Waals surface area contributed by atoms with Crippen molar-refractivity contribution < 1.29 is 4.57 Å². The van der Waals surface area contributed by atoms with Gasteiger partial charge in [0.25, 0.3) is 0 Å². The van der Waals surface area contributed by atoms with Crippen LogP contribution in [0.3, 0.4) is 0 Å². The van der Waals surface area contributed by atoms with Crippen LogP contribution in [0.4, 0.5) is 0 Å². The van der Waals surface area contributed by atoms with E-state index in [1.807, 2.05) is 0 Å². The first-order valence-electron chi connectivity index (χ1n) is 5.57. The van der Waals surface area contributed by atoms with Crippen molar-refractivity contribution in [3.63, 3.8) is 0 Å². The topological polar surface area (TPSA) is 27.7 Å². The Morgan fingerprint density at radius 3 is 2.60 bits per heavy atom. The van der Waals surface area contributed by atoms with Gasteiger partial charge in [-0.05, 0) is 18.9 Å². The maximum atomic E-state index is 6.25. The van der Waals surface area contributed by atoms with Crippen molar-refractivity contribution in [1.82, 2.24) is 0 Å². The van der Waals surface area contributed by atoms with E-state index in [-0.39, 0.29) is 0 Å². The average molecular weight is 204 g/mol. The number of rotatable bonds is 5. The summed E-state index contributed by atoms with van der Waals surface area (Å²) in [6, 6.07) is 4.33. The molecule has 0 aliphatic rings. The van der Waals surface area contributed by atoms with Crippen LogP contribution in [0.15, 0.2) is 24.5 Å². The first-order chi connectivity index (χ1) is 7.36. The standard InChI is InChI=1S/C12H20N.CN/c1-3-5-6-9-13-10-7-8-12(4-2)11-13;1-2/h7-8,10-11H,3-6,9H2,1-2H3;/q+1;-1. The van der Waals surface area contributed by atoms with E-state index in [2.05, 4.69) is 42.9 Å². The summed E-state index contributed by atoms with van der Waals surface area (Å²) in [4.78, 5) is 0. The van der Waals surface area contributed by atoms with Crippen molar-refractivity contribution in [3.8, 4) is 0 Å². The smallest absolute Gasteiger partial charge is 0.171 e. The molecule has 0 N–H and O–H groups in total. The maximum Gasteiger partial charge on any atom is 0.171 e. The molecule has 1 rings (SSSR count). The van der Waals surface area contributed by atoms with Gasteiger partial charge in [-0.1, -0.05) is 20.3 Å². The van der Waals surface area contributed by atoms with Crippen molar-refractivity contribution in [3.05, 3.63) is 36.7 Å². The summed E-state index contributed by atoms with van der Waals surface area (Å²) < 4.78 is 2.30. The normalized spacial score (nSPS) is 9.07. The molecule has 0 spiro atoms. The molecule has 1 aromatic heterocycles. The van der Waals surface area contributed by atoms with E-state index >= 15 is 0 Å². The van der Waals surface area contributed by atoms with Gasteiger partial charge in [0.1, 0.15) is 6.54 Å². The minimum atomic E-state index is 1.13. The molecular formula is C13H20N2. The van der Waals surface area contributed by atoms with E-state index in [1.165, 1.54) is 31.4 Å². The Balaban J connectivity index is 0.000000921. The number of hydrogen-bond donors (Lipinski definition) is 0. The van der Waals surface area contributed by atoms with Crippen molar-refractivity contribution >= 4 is 0 Å². The molecule has 0 saturated carbocycles. The van der Waals surface area contributed by atoms with Crippen molar-refractivity contribution in [2.75, 3.05) is 0 Å². The molecule has 0 atom stereocenters. The number of aryl methyl sites for hydroxylation is 2. The predicted molar refractivity (Wildman–Crippen MR) is 60.5 cm³/mol. The highest BCUT2D eigenvalue weighted by molar-refractivity contribution is 5.04. The highest BCUT2D eigenvalue weighted by Gasteiger charge is 1.99. The lowest BCUT2D eigenvalue weighted by atomic mass is 10.2. The van der Waals surface area contributed by atoms with E-state index in [4.69, 9.17) is 11.8 Å². The Kier molecular flexibility index (Phi) is 8.37. The van der Waals surface area contributed by atoms with Crippen LogP contribution >= 0.6 is 0 Å². The Hall–Kier alpha value is -1.36. The first-order valence-corrected chi connectivity index (χ1v) is 5.57. The molecule has 2 nitrogen and oxygen atoms in total. The van der Waals surface area contributed by atoms with Gasteiger partial charge in [-0.25, -0.2) is 4.57 Å². The third-order valence-electron chi connectivity index (χ3n) is 2.35. The molecular weight excluding hydrogens is 184 g/mol. The zero-order valence-electron chi connectivity index (χ0n) is 9.74. The van der Waals surface area contributed by atoms with Crippen molar-refractivity contribution in [2.24, 2.45) is 0 Å². The monoisotopic (exact) mass is 204 g/mol. The van der Waals surface area contributed by atoms with Crippen LogP contribution in [0.1, 0.15) is 38.7 Å². The van der Waals surface area contributed by atoms with Crippen molar-refractivity contribution in [2.45, 2.75) is 46.1 Å². The molecule has 1 heterocycles. The molecule has 0 bridgehead atoms. The molecule has 0 fully saturated rings. The highest BCUT2D eigenvalue weighted by Crippen LogP contribution is 1.97. The van der Waals surface area contributed by atoms with E-state index in [0.717, 1.165) is 6.42 Å². The number of aromatic nitrogens is 1. The number of pyridine rings is 1. The van der Waals surface area contributed by atoms with E-state index in [1.54, 1.807) is 0 Å². The highest BCUT2D eigenvalue weighted by atomic mass is 14.9. The third kappa shape index (κ3) is 5.85. The number of nitrogens with zero attached hydrogens (tertiary/aromatic N) is 2. The summed E-state index contributed by atoms with van der Waals surface area (Å²) in [5.41, 5.74) is 1.43. The molecule has 2 heteroatoms. The summed E-state index contributed by atoms with van der Waals surface area (Å²) in [5.74, 6) is 0. The van der Waals surface area contributed by atoms with Gasteiger partial charge in [-0.2, -0.15) is 0 Å². The summed E-state index contributed by atoms with van der Waals surface area (Å²) in [5, 5.41) is 6.25. The van der Waals surface area contributed by atoms with Gasteiger partial charge in [0.15, 0.2) is 12.4 Å². The summed E-state index contributed by atoms with van der Waals surface area (Å²) in [7, 11) is 0. The minimum absolute atomic E-state index is 1.13. The minimum Gasteiger partial charge on any atom is -0.512 e. The predicted octanol–water partition coefficient (Wildman–Crippen LogP) is 2.82. The Labute approximate surface area is 93.2 Å². The van der Waals surface area contributed by atoms with Gasteiger partial charge in [-0.3, -0.25) is 0 Å². The molecule has 0 unspecified atom stereocenters. The van der Waals surface area contributed by atoms with Crippen molar-refractivity contribution in [1.29, 1.82) is 5.26 Å². The average Bonchev–Trinajstić information content (AvgIpc) is 2.32. The molecule has 0 aromatic carbocycles. The van der Waals surface area contributed by atoms with Gasteiger partial charge in [0.05, 0.1) is 0 Å². The fraction of sp³-hybridized carbons (Fsp3) is 0.538. The first kappa shape index (κ1) is 13.6. The summed E-state index contributed by atoms with van der Waals surface area (Å²) >= 11 is 0. The van der Waals surface area contributed by atoms with Crippen LogP contribution in [0, 0.1) is 11.8 Å². The zero-order chi connectivity index (χ0) is 11.5. The van der Waals surface area contributed by atoms with Crippen LogP contribution in [0.5, 0.6) is 0 Å². The Morgan fingerprint density at radius 2 is 2.00 bits per heavy atom. The molecule has 0 saturated heterocycles. The number of unbranched alkanes of at least 4 members (excludes halogenated alkanes) is 2. The molecule has 82 valence electrons. The largest absolute Gasteiger partial charge is 0.512 e. The third-order valence-corrected chi connectivity index (χ3v) is 2.35. The lowest BCUT2D eigenvalue weighted by Gasteiger charge is -1.97. The van der Waals surface area contributed by atoms with Crippen LogP contribution in [0.2, 0.25) is 0 Å². The van der Waals surface area contributed by atoms with E-state index in [9.17, 15) is 0 Å². The molecule has 0 amide bonds. The van der Waals surface area contributed by atoms with Gasteiger partial charge in [0, 0.05) is 18.1 Å². The quantitative estimate of drug-likeness (QED) is 0.412. The SMILES string of the molecule is CCCCC[n+]1cccc(CC)c1.[C-]#N. The van der Waals surface area contributed by atoms with Crippen LogP contribution in [-0.4, -0.2) is 0 Å². The van der Waals surface area contributed by atoms with Gasteiger partial charge in [-0.15, -0.1) is 0 Å². The second-order valence-electron chi connectivity index (χ2n) is 3.51. The van der Waals surface area contributed by atoms with E-state index < -0.39 is 0 Å². The van der Waals surface area contributed by atoms with Crippen LogP contribution < -0.4 is 4.57 Å². The molecule has 0 aliphatic heterocycles. The summed E-state index contributed by atoms with van der Waals surface area (Å²) in [6.07, 6.45) is 9.49. The fourth-order valence-electron chi connectivity index (χ4n) is 1.47. The molecule has 0 radical (unpaired) electrons. The second-order valence-corrected chi connectivity index (χ2v) is 3.51.